The first kappa shape index (κ1) is 23.4. The summed E-state index contributed by atoms with van der Waals surface area (Å²) < 4.78 is 10.2. The van der Waals surface area contributed by atoms with Crippen LogP contribution in [-0.4, -0.2) is 75.4 Å². The van der Waals surface area contributed by atoms with Crippen LogP contribution in [0.5, 0.6) is 0 Å². The van der Waals surface area contributed by atoms with E-state index in [0.29, 0.717) is 13.0 Å². The Labute approximate surface area is 174 Å². The second-order valence-electron chi connectivity index (χ2n) is 6.83. The quantitative estimate of drug-likeness (QED) is 0.249. The van der Waals surface area contributed by atoms with Crippen molar-refractivity contribution in [3.8, 4) is 0 Å². The maximum Gasteiger partial charge on any atom is 0.307 e. The Morgan fingerprint density at radius 2 is 1.88 bits per heavy atom. The van der Waals surface area contributed by atoms with Crippen LogP contribution in [0.15, 0.2) is 4.99 Å². The van der Waals surface area contributed by atoms with Crippen molar-refractivity contribution in [2.45, 2.75) is 51.0 Å². The molecule has 8 heteroatoms. The molecular weight excluding hydrogens is 447 g/mol. The molecule has 1 saturated carbocycles. The fraction of sp³-hybridized carbons (Fsp3) is 0.889. The summed E-state index contributed by atoms with van der Waals surface area (Å²) in [4.78, 5) is 18.7. The van der Waals surface area contributed by atoms with Gasteiger partial charge in [0.15, 0.2) is 5.96 Å². The molecule has 26 heavy (non-hydrogen) atoms. The maximum atomic E-state index is 11.3. The fourth-order valence-corrected chi connectivity index (χ4v) is 3.77. The number of ether oxygens (including phenoxy) is 2. The van der Waals surface area contributed by atoms with Gasteiger partial charge < -0.3 is 20.1 Å². The van der Waals surface area contributed by atoms with Gasteiger partial charge in [-0.15, -0.1) is 24.0 Å². The zero-order chi connectivity index (χ0) is 18.0. The van der Waals surface area contributed by atoms with Crippen LogP contribution >= 0.6 is 24.0 Å². The average Bonchev–Trinajstić information content (AvgIpc) is 2.67. The topological polar surface area (TPSA) is 75.2 Å². The Balaban J connectivity index is 0.00000338. The number of nitrogens with one attached hydrogen (secondary N) is 2. The predicted molar refractivity (Wildman–Crippen MR) is 114 cm³/mol. The van der Waals surface area contributed by atoms with E-state index in [1.165, 1.54) is 39.2 Å². The molecule has 7 nitrogen and oxygen atoms in total. The molecule has 2 fully saturated rings. The Kier molecular flexibility index (Phi) is 11.5. The summed E-state index contributed by atoms with van der Waals surface area (Å²) in [5.41, 5.74) is 0.159. The van der Waals surface area contributed by atoms with Crippen LogP contribution in [0, 0.1) is 0 Å². The fourth-order valence-electron chi connectivity index (χ4n) is 3.77. The molecule has 1 saturated heterocycles. The molecule has 2 aliphatic rings. The average molecular weight is 482 g/mol. The summed E-state index contributed by atoms with van der Waals surface area (Å²) in [6.45, 7) is 7.82. The van der Waals surface area contributed by atoms with Crippen LogP contribution in [0.4, 0.5) is 0 Å². The first-order chi connectivity index (χ1) is 12.2. The largest absolute Gasteiger partial charge is 0.469 e. The van der Waals surface area contributed by atoms with Gasteiger partial charge in [-0.1, -0.05) is 19.3 Å². The highest BCUT2D eigenvalue weighted by atomic mass is 127. The molecule has 0 unspecified atom stereocenters. The Morgan fingerprint density at radius 1 is 1.19 bits per heavy atom. The maximum absolute atomic E-state index is 11.3. The number of aliphatic imine (C=N–C) groups is 1. The molecule has 0 aromatic rings. The number of morpholine rings is 1. The van der Waals surface area contributed by atoms with Crippen LogP contribution < -0.4 is 10.6 Å². The predicted octanol–water partition coefficient (Wildman–Crippen LogP) is 1.76. The van der Waals surface area contributed by atoms with E-state index in [4.69, 9.17) is 9.73 Å². The van der Waals surface area contributed by atoms with Crippen LogP contribution in [0.1, 0.15) is 45.4 Å². The van der Waals surface area contributed by atoms with Crippen LogP contribution in [-0.2, 0) is 14.3 Å². The van der Waals surface area contributed by atoms with Crippen molar-refractivity contribution in [3.05, 3.63) is 0 Å². The standard InChI is InChI=1S/C18H34N4O3.HI/c1-3-19-17(20-10-7-16(23)24-2)21-15-18(8-5-4-6-9-18)22-11-13-25-14-12-22;/h3-15H2,1-2H3,(H2,19,20,21);1H. The zero-order valence-electron chi connectivity index (χ0n) is 16.2. The summed E-state index contributed by atoms with van der Waals surface area (Å²) in [6.07, 6.45) is 6.64. The van der Waals surface area contributed by atoms with Crippen molar-refractivity contribution in [3.63, 3.8) is 0 Å². The summed E-state index contributed by atoms with van der Waals surface area (Å²) >= 11 is 0. The summed E-state index contributed by atoms with van der Waals surface area (Å²) in [6, 6.07) is 0. The number of carbonyl (C=O) groups is 1. The number of hydrogen-bond acceptors (Lipinski definition) is 5. The van der Waals surface area contributed by atoms with Crippen molar-refractivity contribution >= 4 is 35.9 Å². The van der Waals surface area contributed by atoms with Crippen molar-refractivity contribution in [2.24, 2.45) is 4.99 Å². The van der Waals surface area contributed by atoms with Crippen LogP contribution in [0.2, 0.25) is 0 Å². The van der Waals surface area contributed by atoms with Gasteiger partial charge in [-0.05, 0) is 19.8 Å². The van der Waals surface area contributed by atoms with E-state index in [2.05, 4.69) is 27.2 Å². The number of guanidine groups is 1. The second kappa shape index (κ2) is 12.7. The van der Waals surface area contributed by atoms with Crippen molar-refractivity contribution in [2.75, 3.05) is 53.0 Å². The van der Waals surface area contributed by atoms with E-state index < -0.39 is 0 Å². The number of nitrogens with zero attached hydrogens (tertiary/aromatic N) is 2. The second-order valence-corrected chi connectivity index (χ2v) is 6.83. The summed E-state index contributed by atoms with van der Waals surface area (Å²) in [5, 5.41) is 6.52. The molecule has 1 aliphatic heterocycles. The van der Waals surface area contributed by atoms with E-state index in [1.807, 2.05) is 0 Å². The number of rotatable bonds is 7. The summed E-state index contributed by atoms with van der Waals surface area (Å²) in [5.74, 6) is 0.574. The van der Waals surface area contributed by atoms with E-state index in [-0.39, 0.29) is 35.5 Å². The smallest absolute Gasteiger partial charge is 0.307 e. The van der Waals surface area contributed by atoms with Crippen LogP contribution in [0.3, 0.4) is 0 Å². The summed E-state index contributed by atoms with van der Waals surface area (Å²) in [7, 11) is 1.41. The minimum Gasteiger partial charge on any atom is -0.469 e. The Hall–Kier alpha value is -0.610. The Morgan fingerprint density at radius 3 is 2.50 bits per heavy atom. The number of halogens is 1. The lowest BCUT2D eigenvalue weighted by Crippen LogP contribution is -2.56. The van der Waals surface area contributed by atoms with Gasteiger partial charge in [-0.25, -0.2) is 0 Å². The van der Waals surface area contributed by atoms with Gasteiger partial charge in [0.05, 0.1) is 33.3 Å². The molecule has 152 valence electrons. The van der Waals surface area contributed by atoms with E-state index in [0.717, 1.165) is 45.4 Å². The normalized spacial score (nSPS) is 20.8. The van der Waals surface area contributed by atoms with Gasteiger partial charge >= 0.3 is 5.97 Å². The highest BCUT2D eigenvalue weighted by molar-refractivity contribution is 14.0. The third-order valence-corrected chi connectivity index (χ3v) is 5.19. The molecular formula is C18H35IN4O3. The van der Waals surface area contributed by atoms with Gasteiger partial charge in [-0.3, -0.25) is 14.7 Å². The molecule has 0 aromatic heterocycles. The van der Waals surface area contributed by atoms with Crippen molar-refractivity contribution < 1.29 is 14.3 Å². The van der Waals surface area contributed by atoms with Gasteiger partial charge in [0.2, 0.25) is 0 Å². The lowest BCUT2D eigenvalue weighted by Gasteiger charge is -2.47. The number of methoxy groups -OCH3 is 1. The number of carbonyl (C=O) groups excluding carboxylic acids is 1. The third kappa shape index (κ3) is 7.19. The number of esters is 1. The molecule has 0 atom stereocenters. The Bertz CT molecular complexity index is 436. The van der Waals surface area contributed by atoms with Crippen molar-refractivity contribution in [1.29, 1.82) is 0 Å². The molecule has 2 rings (SSSR count). The highest BCUT2D eigenvalue weighted by Gasteiger charge is 2.38. The van der Waals surface area contributed by atoms with Crippen LogP contribution in [0.25, 0.3) is 0 Å². The molecule has 1 heterocycles. The van der Waals surface area contributed by atoms with Gasteiger partial charge in [0, 0.05) is 31.7 Å². The molecule has 0 spiro atoms. The molecule has 0 amide bonds. The van der Waals surface area contributed by atoms with E-state index in [1.54, 1.807) is 0 Å². The lowest BCUT2D eigenvalue weighted by molar-refractivity contribution is -0.140. The van der Waals surface area contributed by atoms with Gasteiger partial charge in [0.1, 0.15) is 0 Å². The third-order valence-electron chi connectivity index (χ3n) is 5.19. The van der Waals surface area contributed by atoms with E-state index >= 15 is 0 Å². The molecule has 1 aliphatic carbocycles. The zero-order valence-corrected chi connectivity index (χ0v) is 18.6. The van der Waals surface area contributed by atoms with E-state index in [9.17, 15) is 4.79 Å². The molecule has 0 bridgehead atoms. The first-order valence-corrected chi connectivity index (χ1v) is 9.62. The number of hydrogen-bond donors (Lipinski definition) is 2. The van der Waals surface area contributed by atoms with Gasteiger partial charge in [-0.2, -0.15) is 0 Å². The monoisotopic (exact) mass is 482 g/mol. The highest BCUT2D eigenvalue weighted by Crippen LogP contribution is 2.34. The minimum atomic E-state index is -0.208. The van der Waals surface area contributed by atoms with Crippen molar-refractivity contribution in [1.82, 2.24) is 15.5 Å². The van der Waals surface area contributed by atoms with Gasteiger partial charge in [0.25, 0.3) is 0 Å². The minimum absolute atomic E-state index is 0. The first-order valence-electron chi connectivity index (χ1n) is 9.62. The lowest BCUT2D eigenvalue weighted by atomic mass is 9.80. The molecule has 2 N–H and O–H groups in total. The molecule has 0 radical (unpaired) electrons. The molecule has 0 aromatic carbocycles. The SMILES string of the molecule is CCNC(=NCC1(N2CCOCC2)CCCCC1)NCCC(=O)OC.I.